The summed E-state index contributed by atoms with van der Waals surface area (Å²) in [6.07, 6.45) is 0. The van der Waals surface area contributed by atoms with Crippen LogP contribution in [0.5, 0.6) is 0 Å². The number of para-hydroxylation sites is 1. The van der Waals surface area contributed by atoms with E-state index in [9.17, 15) is 0 Å². The van der Waals surface area contributed by atoms with E-state index >= 15 is 0 Å². The van der Waals surface area contributed by atoms with Crippen LogP contribution in [0.2, 0.25) is 0 Å². The molecule has 10 rings (SSSR count). The van der Waals surface area contributed by atoms with Crippen molar-refractivity contribution in [3.05, 3.63) is 158 Å². The number of rotatable bonds is 3. The lowest BCUT2D eigenvalue weighted by atomic mass is 9.86. The summed E-state index contributed by atoms with van der Waals surface area (Å²) in [7, 11) is 0. The largest absolute Gasteiger partial charge is 0.452 e. The van der Waals surface area contributed by atoms with Crippen LogP contribution in [0.1, 0.15) is 0 Å². The Hall–Kier alpha value is -6.12. The van der Waals surface area contributed by atoms with Gasteiger partial charge in [0.15, 0.2) is 11.2 Å². The molecule has 0 saturated carbocycles. The maximum absolute atomic E-state index is 6.39. The maximum Gasteiger partial charge on any atom is 0.178 e. The first-order valence-electron chi connectivity index (χ1n) is 15.7. The van der Waals surface area contributed by atoms with Gasteiger partial charge in [0.1, 0.15) is 11.2 Å². The summed E-state index contributed by atoms with van der Waals surface area (Å²) in [6.45, 7) is 0. The van der Waals surface area contributed by atoms with E-state index in [-0.39, 0.29) is 0 Å². The number of fused-ring (bicyclic) bond motifs is 9. The van der Waals surface area contributed by atoms with E-state index in [1.165, 1.54) is 49.4 Å². The number of furan rings is 2. The van der Waals surface area contributed by atoms with Crippen molar-refractivity contribution < 1.29 is 8.83 Å². The summed E-state index contributed by atoms with van der Waals surface area (Å²) in [5, 5.41) is 9.39. The summed E-state index contributed by atoms with van der Waals surface area (Å²) < 4.78 is 12.7. The Kier molecular flexibility index (Phi) is 5.31. The first kappa shape index (κ1) is 25.2. The highest BCUT2D eigenvalue weighted by atomic mass is 16.4. The number of hydrogen-bond acceptors (Lipinski definition) is 2. The highest BCUT2D eigenvalue weighted by molar-refractivity contribution is 6.22. The van der Waals surface area contributed by atoms with Crippen LogP contribution in [-0.4, -0.2) is 0 Å². The molecule has 214 valence electrons. The Bertz CT molecular complexity index is 2720. The van der Waals surface area contributed by atoms with E-state index in [4.69, 9.17) is 8.83 Å². The molecule has 0 aliphatic carbocycles. The fraction of sp³-hybridized carbons (Fsp3) is 0. The van der Waals surface area contributed by atoms with Gasteiger partial charge in [-0.2, -0.15) is 0 Å². The Morgan fingerprint density at radius 3 is 1.30 bits per heavy atom. The minimum absolute atomic E-state index is 0.800. The van der Waals surface area contributed by atoms with E-state index in [0.29, 0.717) is 0 Å². The van der Waals surface area contributed by atoms with Gasteiger partial charge < -0.3 is 8.83 Å². The number of hydrogen-bond donors (Lipinski definition) is 0. The first-order chi connectivity index (χ1) is 22.8. The minimum Gasteiger partial charge on any atom is -0.452 e. The SMILES string of the molecule is c1ccc(-c2c3ccccc3c(-c3ccc(-c4ccc5oc6c(ccc7c8ccccc8oc76)c5c4)cc3)c3ccccc23)cc1. The van der Waals surface area contributed by atoms with E-state index in [1.807, 2.05) is 18.2 Å². The molecular formula is C44H26O2. The van der Waals surface area contributed by atoms with Gasteiger partial charge in [0.05, 0.1) is 0 Å². The zero-order valence-electron chi connectivity index (χ0n) is 24.8. The molecule has 10 aromatic rings. The second-order valence-corrected chi connectivity index (χ2v) is 12.0. The summed E-state index contributed by atoms with van der Waals surface area (Å²) in [6, 6.07) is 56.3. The van der Waals surface area contributed by atoms with E-state index in [1.54, 1.807) is 0 Å². The minimum atomic E-state index is 0.800. The Labute approximate surface area is 264 Å². The van der Waals surface area contributed by atoms with Crippen molar-refractivity contribution in [3.63, 3.8) is 0 Å². The topological polar surface area (TPSA) is 26.3 Å². The molecule has 0 N–H and O–H groups in total. The second-order valence-electron chi connectivity index (χ2n) is 12.0. The van der Waals surface area contributed by atoms with Gasteiger partial charge in [0.25, 0.3) is 0 Å². The standard InChI is InChI=1S/C44H26O2/c1-2-10-28(11-3-1)41-32-13-4-6-15-34(32)42(35-16-7-5-14-33(35)41)29-20-18-27(19-21-29)30-22-25-40-38(26-30)37-24-23-36-31-12-8-9-17-39(31)45-43(36)44(37)46-40/h1-26H. The summed E-state index contributed by atoms with van der Waals surface area (Å²) in [5.74, 6) is 0. The molecule has 0 amide bonds. The van der Waals surface area contributed by atoms with Gasteiger partial charge in [-0.3, -0.25) is 0 Å². The van der Waals surface area contributed by atoms with Crippen molar-refractivity contribution in [1.82, 2.24) is 0 Å². The van der Waals surface area contributed by atoms with Crippen LogP contribution in [0, 0.1) is 0 Å². The molecular weight excluding hydrogens is 560 g/mol. The molecule has 2 aromatic heterocycles. The van der Waals surface area contributed by atoms with Gasteiger partial charge in [0, 0.05) is 21.5 Å². The van der Waals surface area contributed by atoms with Crippen molar-refractivity contribution in [3.8, 4) is 33.4 Å². The van der Waals surface area contributed by atoms with E-state index < -0.39 is 0 Å². The molecule has 0 atom stereocenters. The molecule has 46 heavy (non-hydrogen) atoms. The van der Waals surface area contributed by atoms with Crippen molar-refractivity contribution in [2.24, 2.45) is 0 Å². The average Bonchev–Trinajstić information content (AvgIpc) is 3.69. The molecule has 2 nitrogen and oxygen atoms in total. The van der Waals surface area contributed by atoms with Crippen molar-refractivity contribution in [2.45, 2.75) is 0 Å². The van der Waals surface area contributed by atoms with Crippen LogP contribution in [0.15, 0.2) is 167 Å². The normalized spacial score (nSPS) is 11.9. The maximum atomic E-state index is 6.39. The van der Waals surface area contributed by atoms with Gasteiger partial charge in [-0.15, -0.1) is 0 Å². The molecule has 0 spiro atoms. The zero-order chi connectivity index (χ0) is 30.2. The van der Waals surface area contributed by atoms with Crippen LogP contribution >= 0.6 is 0 Å². The van der Waals surface area contributed by atoms with Gasteiger partial charge in [-0.05, 0) is 85.3 Å². The molecule has 2 heteroatoms. The Morgan fingerprint density at radius 1 is 0.261 bits per heavy atom. The monoisotopic (exact) mass is 586 g/mol. The molecule has 0 radical (unpaired) electrons. The fourth-order valence-corrected chi connectivity index (χ4v) is 7.38. The smallest absolute Gasteiger partial charge is 0.178 e. The van der Waals surface area contributed by atoms with E-state index in [0.717, 1.165) is 49.4 Å². The number of benzene rings is 8. The van der Waals surface area contributed by atoms with E-state index in [2.05, 4.69) is 140 Å². The highest BCUT2D eigenvalue weighted by Gasteiger charge is 2.18. The third kappa shape index (κ3) is 3.65. The molecule has 0 aliphatic rings. The lowest BCUT2D eigenvalue weighted by molar-refractivity contribution is 0.633. The van der Waals surface area contributed by atoms with Crippen LogP contribution in [0.4, 0.5) is 0 Å². The molecule has 0 aliphatic heterocycles. The van der Waals surface area contributed by atoms with Gasteiger partial charge >= 0.3 is 0 Å². The molecule has 8 aromatic carbocycles. The van der Waals surface area contributed by atoms with Crippen LogP contribution in [0.25, 0.3) is 98.8 Å². The molecule has 2 heterocycles. The van der Waals surface area contributed by atoms with Crippen LogP contribution in [-0.2, 0) is 0 Å². The van der Waals surface area contributed by atoms with Gasteiger partial charge in [0.2, 0.25) is 0 Å². The quantitative estimate of drug-likeness (QED) is 0.193. The summed E-state index contributed by atoms with van der Waals surface area (Å²) in [5.41, 5.74) is 10.7. The Morgan fingerprint density at radius 2 is 0.696 bits per heavy atom. The fourth-order valence-electron chi connectivity index (χ4n) is 7.38. The summed E-state index contributed by atoms with van der Waals surface area (Å²) in [4.78, 5) is 0. The third-order valence-corrected chi connectivity index (χ3v) is 9.48. The highest BCUT2D eigenvalue weighted by Crippen LogP contribution is 2.44. The summed E-state index contributed by atoms with van der Waals surface area (Å²) >= 11 is 0. The first-order valence-corrected chi connectivity index (χ1v) is 15.7. The van der Waals surface area contributed by atoms with Gasteiger partial charge in [-0.1, -0.05) is 127 Å². The second kappa shape index (κ2) is 9.69. The predicted octanol–water partition coefficient (Wildman–Crippen LogP) is 12.8. The van der Waals surface area contributed by atoms with Crippen molar-refractivity contribution >= 4 is 65.4 Å². The predicted molar refractivity (Wildman–Crippen MR) is 192 cm³/mol. The average molecular weight is 587 g/mol. The van der Waals surface area contributed by atoms with Gasteiger partial charge in [-0.25, -0.2) is 0 Å². The lowest BCUT2D eigenvalue weighted by Gasteiger charge is -2.18. The van der Waals surface area contributed by atoms with Crippen molar-refractivity contribution in [1.29, 1.82) is 0 Å². The molecule has 0 fully saturated rings. The lowest BCUT2D eigenvalue weighted by Crippen LogP contribution is -1.90. The van der Waals surface area contributed by atoms with Crippen molar-refractivity contribution in [2.75, 3.05) is 0 Å². The van der Waals surface area contributed by atoms with Crippen LogP contribution < -0.4 is 0 Å². The Balaban J connectivity index is 1.12. The van der Waals surface area contributed by atoms with Crippen LogP contribution in [0.3, 0.4) is 0 Å². The molecule has 0 bridgehead atoms. The third-order valence-electron chi connectivity index (χ3n) is 9.48. The molecule has 0 saturated heterocycles. The zero-order valence-corrected chi connectivity index (χ0v) is 24.8. The molecule has 0 unspecified atom stereocenters.